The van der Waals surface area contributed by atoms with Crippen molar-refractivity contribution in [3.05, 3.63) is 75.1 Å². The number of fused-ring (bicyclic) bond motifs is 1. The van der Waals surface area contributed by atoms with E-state index in [0.29, 0.717) is 30.8 Å². The number of benzene rings is 2. The second-order valence-electron chi connectivity index (χ2n) is 13.5. The summed E-state index contributed by atoms with van der Waals surface area (Å²) < 4.78 is 29.8. The van der Waals surface area contributed by atoms with Crippen molar-refractivity contribution >= 4 is 34.9 Å². The Kier molecular flexibility index (Phi) is 8.65. The van der Waals surface area contributed by atoms with Crippen LogP contribution in [-0.2, 0) is 22.7 Å². The van der Waals surface area contributed by atoms with Crippen molar-refractivity contribution in [1.82, 2.24) is 20.0 Å². The van der Waals surface area contributed by atoms with Gasteiger partial charge in [0.25, 0.3) is 5.91 Å². The Bertz CT molecular complexity index is 1510. The highest BCUT2D eigenvalue weighted by Gasteiger charge is 2.41. The first-order chi connectivity index (χ1) is 21.0. The van der Waals surface area contributed by atoms with Crippen LogP contribution in [0.15, 0.2) is 42.0 Å². The first kappa shape index (κ1) is 30.9. The lowest BCUT2D eigenvalue weighted by Crippen LogP contribution is -2.54. The number of piperazine rings is 1. The molecular formula is C34H39ClF2N4O3. The molecule has 2 aromatic rings. The molecule has 3 amide bonds. The van der Waals surface area contributed by atoms with Crippen molar-refractivity contribution < 1.29 is 23.2 Å². The number of halogens is 3. The van der Waals surface area contributed by atoms with Crippen LogP contribution in [0.5, 0.6) is 0 Å². The van der Waals surface area contributed by atoms with Gasteiger partial charge in [-0.15, -0.1) is 0 Å². The van der Waals surface area contributed by atoms with Crippen LogP contribution in [0.2, 0.25) is 5.02 Å². The van der Waals surface area contributed by atoms with E-state index in [-0.39, 0.29) is 42.3 Å². The lowest BCUT2D eigenvalue weighted by Gasteiger charge is -2.42. The predicted molar refractivity (Wildman–Crippen MR) is 165 cm³/mol. The van der Waals surface area contributed by atoms with Crippen LogP contribution in [0, 0.1) is 11.2 Å². The number of piperidine rings is 1. The van der Waals surface area contributed by atoms with Crippen LogP contribution in [0.25, 0.3) is 5.57 Å². The molecule has 3 heterocycles. The molecule has 1 aliphatic carbocycles. The van der Waals surface area contributed by atoms with Gasteiger partial charge >= 0.3 is 0 Å². The fraction of sp³-hybridized carbons (Fsp3) is 0.500. The summed E-state index contributed by atoms with van der Waals surface area (Å²) in [7, 11) is 0. The lowest BCUT2D eigenvalue weighted by molar-refractivity contribution is -0.136. The molecule has 0 bridgehead atoms. The zero-order chi connectivity index (χ0) is 31.2. The molecule has 2 atom stereocenters. The van der Waals surface area contributed by atoms with Crippen molar-refractivity contribution in [3.8, 4) is 0 Å². The highest BCUT2D eigenvalue weighted by atomic mass is 35.5. The predicted octanol–water partition coefficient (Wildman–Crippen LogP) is 5.36. The molecule has 0 saturated carbocycles. The maximum absolute atomic E-state index is 15.3. The number of nitrogens with zero attached hydrogens (tertiary/aromatic N) is 3. The van der Waals surface area contributed by atoms with Gasteiger partial charge in [-0.1, -0.05) is 49.2 Å². The molecule has 0 radical (unpaired) electrons. The second-order valence-corrected chi connectivity index (χ2v) is 13.9. The molecule has 0 spiro atoms. The molecule has 44 heavy (non-hydrogen) atoms. The summed E-state index contributed by atoms with van der Waals surface area (Å²) >= 11 is 6.17. The molecule has 2 fully saturated rings. The van der Waals surface area contributed by atoms with Crippen LogP contribution < -0.4 is 5.32 Å². The third-order valence-electron chi connectivity index (χ3n) is 9.68. The third-order valence-corrected chi connectivity index (χ3v) is 9.93. The molecule has 2 unspecified atom stereocenters. The first-order valence-corrected chi connectivity index (χ1v) is 15.8. The third kappa shape index (κ3) is 6.32. The number of carbonyl (C=O) groups excluding carboxylic acids is 3. The van der Waals surface area contributed by atoms with E-state index in [9.17, 15) is 18.8 Å². The highest BCUT2D eigenvalue weighted by Crippen LogP contribution is 2.43. The summed E-state index contributed by atoms with van der Waals surface area (Å²) in [6, 6.07) is 10.1. The molecule has 234 valence electrons. The Morgan fingerprint density at radius 2 is 1.82 bits per heavy atom. The maximum Gasteiger partial charge on any atom is 0.258 e. The van der Waals surface area contributed by atoms with Crippen LogP contribution in [-0.4, -0.2) is 77.4 Å². The molecule has 4 aliphatic rings. The molecule has 6 rings (SSSR count). The largest absolute Gasteiger partial charge is 0.322 e. The Morgan fingerprint density at radius 3 is 2.55 bits per heavy atom. The maximum atomic E-state index is 15.3. The van der Waals surface area contributed by atoms with E-state index in [1.807, 2.05) is 12.1 Å². The van der Waals surface area contributed by atoms with Crippen LogP contribution >= 0.6 is 11.6 Å². The number of alkyl halides is 1. The summed E-state index contributed by atoms with van der Waals surface area (Å²) in [6.07, 6.45) is 3.47. The van der Waals surface area contributed by atoms with Gasteiger partial charge in [0.05, 0.1) is 11.6 Å². The van der Waals surface area contributed by atoms with E-state index in [0.717, 1.165) is 37.4 Å². The van der Waals surface area contributed by atoms with Crippen LogP contribution in [0.3, 0.4) is 0 Å². The standard InChI is InChI=1S/C34H39ClF2N4O3/c1-34(2)10-9-23(27(15-34)22-3-5-25(35)6-4-22)18-39-11-12-40(26(16-36)20-39)17-21-13-24-19-41(33(44)31(24)28(37)14-21)29-7-8-30(42)38-32(29)43/h3-6,13-14,26,29H,7-12,15-20H2,1-2H3,(H,38,42,43). The number of carbonyl (C=O) groups is 3. The quantitative estimate of drug-likeness (QED) is 0.420. The summed E-state index contributed by atoms with van der Waals surface area (Å²) in [6.45, 7) is 7.36. The summed E-state index contributed by atoms with van der Waals surface area (Å²) in [5, 5.41) is 2.99. The zero-order valence-corrected chi connectivity index (χ0v) is 26.1. The van der Waals surface area contributed by atoms with Gasteiger partial charge in [-0.25, -0.2) is 8.78 Å². The van der Waals surface area contributed by atoms with Gasteiger partial charge in [-0.3, -0.25) is 29.5 Å². The smallest absolute Gasteiger partial charge is 0.258 e. The Labute approximate surface area is 262 Å². The average Bonchev–Trinajstić information content (AvgIpc) is 3.31. The van der Waals surface area contributed by atoms with Gasteiger partial charge in [-0.2, -0.15) is 0 Å². The molecule has 1 N–H and O–H groups in total. The summed E-state index contributed by atoms with van der Waals surface area (Å²) in [5.41, 5.74) is 5.36. The van der Waals surface area contributed by atoms with Crippen LogP contribution in [0.1, 0.15) is 73.0 Å². The van der Waals surface area contributed by atoms with E-state index in [2.05, 4.69) is 41.1 Å². The molecule has 3 aliphatic heterocycles. The first-order valence-electron chi connectivity index (χ1n) is 15.5. The van der Waals surface area contributed by atoms with Crippen molar-refractivity contribution in [2.24, 2.45) is 5.41 Å². The monoisotopic (exact) mass is 624 g/mol. The second kappa shape index (κ2) is 12.3. The SMILES string of the molecule is CC1(C)CCC(CN2CCN(Cc3cc(F)c4c(c3)CN(C3CCC(=O)NC3=O)C4=O)C(CF)C2)=C(c2ccc(Cl)cc2)C1. The number of rotatable bonds is 7. The summed E-state index contributed by atoms with van der Waals surface area (Å²) in [5.74, 6) is -2.06. The molecule has 2 saturated heterocycles. The molecular weight excluding hydrogens is 586 g/mol. The number of nitrogens with one attached hydrogen (secondary N) is 1. The van der Waals surface area contributed by atoms with Gasteiger partial charge in [0.2, 0.25) is 11.8 Å². The van der Waals surface area contributed by atoms with E-state index in [4.69, 9.17) is 11.6 Å². The fourth-order valence-corrected chi connectivity index (χ4v) is 7.36. The topological polar surface area (TPSA) is 73.0 Å². The van der Waals surface area contributed by atoms with Gasteiger partial charge in [0, 0.05) is 50.7 Å². The van der Waals surface area contributed by atoms with Crippen molar-refractivity contribution in [3.63, 3.8) is 0 Å². The fourth-order valence-electron chi connectivity index (χ4n) is 7.24. The van der Waals surface area contributed by atoms with E-state index in [1.54, 1.807) is 6.07 Å². The van der Waals surface area contributed by atoms with Gasteiger partial charge in [-0.05, 0) is 71.6 Å². The van der Waals surface area contributed by atoms with Crippen molar-refractivity contribution in [2.45, 2.75) is 71.1 Å². The Hall–Kier alpha value is -3.14. The van der Waals surface area contributed by atoms with E-state index >= 15 is 4.39 Å². The number of imide groups is 1. The number of hydrogen-bond acceptors (Lipinski definition) is 5. The molecule has 2 aromatic carbocycles. The van der Waals surface area contributed by atoms with Gasteiger partial charge in [0.1, 0.15) is 18.5 Å². The molecule has 10 heteroatoms. The highest BCUT2D eigenvalue weighted by molar-refractivity contribution is 6.30. The van der Waals surface area contributed by atoms with Crippen molar-refractivity contribution in [1.29, 1.82) is 0 Å². The minimum atomic E-state index is -0.801. The lowest BCUT2D eigenvalue weighted by atomic mass is 9.72. The molecule has 7 nitrogen and oxygen atoms in total. The Balaban J connectivity index is 1.14. The summed E-state index contributed by atoms with van der Waals surface area (Å²) in [4.78, 5) is 42.7. The van der Waals surface area contributed by atoms with Gasteiger partial charge in [0.15, 0.2) is 0 Å². The minimum absolute atomic E-state index is 0.0225. The average molecular weight is 625 g/mol. The number of hydrogen-bond donors (Lipinski definition) is 1. The zero-order valence-electron chi connectivity index (χ0n) is 25.3. The minimum Gasteiger partial charge on any atom is -0.322 e. The van der Waals surface area contributed by atoms with Crippen LogP contribution in [0.4, 0.5) is 8.78 Å². The van der Waals surface area contributed by atoms with E-state index in [1.165, 1.54) is 27.7 Å². The number of amides is 3. The Morgan fingerprint density at radius 1 is 1.05 bits per heavy atom. The molecule has 0 aromatic heterocycles. The van der Waals surface area contributed by atoms with E-state index < -0.39 is 30.3 Å². The number of allylic oxidation sites excluding steroid dienone is 1. The normalized spacial score (nSPS) is 24.6. The van der Waals surface area contributed by atoms with Crippen molar-refractivity contribution in [2.75, 3.05) is 32.9 Å². The van der Waals surface area contributed by atoms with Gasteiger partial charge < -0.3 is 4.90 Å².